The minimum atomic E-state index is -1.45. The van der Waals surface area contributed by atoms with E-state index in [1.807, 2.05) is 67.6 Å². The first-order valence-corrected chi connectivity index (χ1v) is 19.9. The number of aliphatic hydroxyl groups excluding tert-OH is 1. The zero-order valence-corrected chi connectivity index (χ0v) is 33.3. The van der Waals surface area contributed by atoms with Crippen LogP contribution in [0, 0.1) is 11.8 Å². The van der Waals surface area contributed by atoms with Crippen LogP contribution in [0.25, 0.3) is 0 Å². The first-order valence-electron chi connectivity index (χ1n) is 18.6. The van der Waals surface area contributed by atoms with Crippen LogP contribution in [0.2, 0.25) is 5.02 Å². The Kier molecular flexibility index (Phi) is 12.7. The molecule has 0 aromatic heterocycles. The van der Waals surface area contributed by atoms with Gasteiger partial charge in [-0.25, -0.2) is 0 Å². The summed E-state index contributed by atoms with van der Waals surface area (Å²) in [5.41, 5.74) is 0.508. The van der Waals surface area contributed by atoms with Crippen molar-refractivity contribution >= 4 is 56.9 Å². The lowest BCUT2D eigenvalue weighted by Crippen LogP contribution is -2.59. The fourth-order valence-electron chi connectivity index (χ4n) is 8.52. The molecule has 9 atom stereocenters. The van der Waals surface area contributed by atoms with Crippen LogP contribution in [-0.4, -0.2) is 93.5 Å². The van der Waals surface area contributed by atoms with E-state index in [2.05, 4.69) is 29.1 Å². The molecule has 3 amide bonds. The van der Waals surface area contributed by atoms with Crippen LogP contribution < -0.4 is 4.90 Å². The van der Waals surface area contributed by atoms with Crippen LogP contribution in [0.5, 0.6) is 0 Å². The van der Waals surface area contributed by atoms with Gasteiger partial charge in [-0.1, -0.05) is 112 Å². The van der Waals surface area contributed by atoms with Crippen molar-refractivity contribution in [3.8, 4) is 0 Å². The lowest BCUT2D eigenvalue weighted by Gasteiger charge is -2.39. The van der Waals surface area contributed by atoms with Crippen molar-refractivity contribution in [3.05, 3.63) is 126 Å². The first kappa shape index (κ1) is 40.4. The molecule has 3 aromatic rings. The normalized spacial score (nSPS) is 25.4. The highest BCUT2D eigenvalue weighted by atomic mass is 79.9. The predicted molar refractivity (Wildman–Crippen MR) is 215 cm³/mol. The van der Waals surface area contributed by atoms with Gasteiger partial charge < -0.3 is 29.3 Å². The molecule has 12 heteroatoms. The third kappa shape index (κ3) is 7.64. The van der Waals surface area contributed by atoms with Crippen molar-refractivity contribution in [2.75, 3.05) is 25.1 Å². The van der Waals surface area contributed by atoms with E-state index >= 15 is 9.59 Å². The molecule has 3 saturated heterocycles. The zero-order valence-electron chi connectivity index (χ0n) is 31.0. The zero-order chi connectivity index (χ0) is 39.4. The number of aliphatic hydroxyl groups is 1. The molecule has 1 spiro atoms. The number of nitrogens with zero attached hydrogens (tertiary/aromatic N) is 3. The maximum atomic E-state index is 15.2. The molecular formula is C43H47BrClN3O7. The van der Waals surface area contributed by atoms with Crippen LogP contribution in [0.1, 0.15) is 43.4 Å². The Bertz CT molecular complexity index is 1900. The number of fused-ring (bicyclic) bond motifs is 1. The van der Waals surface area contributed by atoms with Gasteiger partial charge in [0, 0.05) is 24.8 Å². The third-order valence-corrected chi connectivity index (χ3v) is 12.4. The van der Waals surface area contributed by atoms with E-state index in [1.165, 1.54) is 9.80 Å². The Hall–Kier alpha value is -4.29. The maximum Gasteiger partial charge on any atom is 0.313 e. The predicted octanol–water partition coefficient (Wildman–Crippen LogP) is 6.31. The van der Waals surface area contributed by atoms with Crippen molar-refractivity contribution in [3.63, 3.8) is 0 Å². The highest BCUT2D eigenvalue weighted by Crippen LogP contribution is 2.61. The Balaban J connectivity index is 1.41. The molecule has 10 nitrogen and oxygen atoms in total. The number of anilines is 1. The molecule has 1 unspecified atom stereocenters. The lowest BCUT2D eigenvalue weighted by molar-refractivity contribution is -0.165. The van der Waals surface area contributed by atoms with Gasteiger partial charge >= 0.3 is 5.97 Å². The molecule has 3 aliphatic heterocycles. The summed E-state index contributed by atoms with van der Waals surface area (Å²) in [6.07, 6.45) is 2.83. The number of carbonyl (C=O) groups is 4. The minimum absolute atomic E-state index is 0.0760. The van der Waals surface area contributed by atoms with Crippen molar-refractivity contribution in [1.82, 2.24) is 9.80 Å². The molecule has 3 aliphatic rings. The quantitative estimate of drug-likeness (QED) is 0.102. The van der Waals surface area contributed by atoms with Gasteiger partial charge in [-0.3, -0.25) is 19.2 Å². The number of allylic oxidation sites excluding steroid dienone is 1. The number of hydrogen-bond acceptors (Lipinski definition) is 7. The average Bonchev–Trinajstić information content (AvgIpc) is 3.80. The van der Waals surface area contributed by atoms with E-state index in [1.54, 1.807) is 48.4 Å². The van der Waals surface area contributed by atoms with Crippen molar-refractivity contribution < 1.29 is 33.8 Å². The summed E-state index contributed by atoms with van der Waals surface area (Å²) in [5, 5.41) is 11.3. The molecule has 3 aromatic carbocycles. The van der Waals surface area contributed by atoms with Crippen LogP contribution in [-0.2, 0) is 35.1 Å². The summed E-state index contributed by atoms with van der Waals surface area (Å²) in [6, 6.07) is 22.9. The number of rotatable bonds is 16. The molecule has 55 heavy (non-hydrogen) atoms. The Morgan fingerprint density at radius 3 is 2.35 bits per heavy atom. The first-order chi connectivity index (χ1) is 26.5. The second-order valence-electron chi connectivity index (χ2n) is 14.5. The van der Waals surface area contributed by atoms with Crippen LogP contribution in [0.3, 0.4) is 0 Å². The molecular weight excluding hydrogens is 786 g/mol. The number of carbonyl (C=O) groups excluding carboxylic acids is 4. The second-order valence-corrected chi connectivity index (χ2v) is 16.0. The van der Waals surface area contributed by atoms with Crippen LogP contribution in [0.15, 0.2) is 110 Å². The standard InChI is InChI=1S/C43H47BrClN3O7/c1-5-7-22-34(50)46(4)27(3)37(29-18-12-9-13-19-29)54-42(53)35-36-40(51)48(30(26-49)24-28-16-10-8-11-17-28)39(43(36)25-31(44)38(35)55-43)41(52)47(23-6-2)33-21-15-14-20-32(33)45/h5-6,8-21,27,30-31,35-39,49H,1-2,7,22-26H2,3-4H3/t27-,30-,31?,35+,36-,37+,38+,39+,43-/m1/s1. The molecule has 3 heterocycles. The molecule has 0 radical (unpaired) electrons. The van der Waals surface area contributed by atoms with E-state index < -0.39 is 77.0 Å². The number of halogens is 2. The molecule has 1 N–H and O–H groups in total. The number of benzene rings is 3. The highest BCUT2D eigenvalue weighted by molar-refractivity contribution is 9.09. The van der Waals surface area contributed by atoms with Crippen LogP contribution >= 0.6 is 27.5 Å². The van der Waals surface area contributed by atoms with Gasteiger partial charge in [-0.15, -0.1) is 13.2 Å². The number of para-hydroxylation sites is 1. The SMILES string of the molecule is C=CCCC(=O)N(C)[C@H](C)[C@H](OC(=O)[C@@H]1[C@H]2O[C@@]3(CC2Br)[C@H](C(=O)N(CC=C)c2ccccc2Cl)N([C@@H](CO)Cc2ccccc2)C(=O)[C@@H]13)c1ccccc1. The molecule has 290 valence electrons. The van der Waals surface area contributed by atoms with Gasteiger partial charge in [0.15, 0.2) is 0 Å². The lowest BCUT2D eigenvalue weighted by atomic mass is 9.70. The van der Waals surface area contributed by atoms with Crippen molar-refractivity contribution in [1.29, 1.82) is 0 Å². The summed E-state index contributed by atoms with van der Waals surface area (Å²) in [6.45, 7) is 9.05. The number of likely N-dealkylation sites (N-methyl/N-ethyl adjacent to an activating group) is 1. The summed E-state index contributed by atoms with van der Waals surface area (Å²) in [5.74, 6) is -3.96. The summed E-state index contributed by atoms with van der Waals surface area (Å²) in [7, 11) is 1.67. The number of alkyl halides is 1. The van der Waals surface area contributed by atoms with Gasteiger partial charge in [0.25, 0.3) is 5.91 Å². The van der Waals surface area contributed by atoms with Gasteiger partial charge in [-0.05, 0) is 49.4 Å². The smallest absolute Gasteiger partial charge is 0.313 e. The molecule has 3 fully saturated rings. The number of amides is 3. The number of ether oxygens (including phenoxy) is 2. The fraction of sp³-hybridized carbons (Fsp3) is 0.395. The van der Waals surface area contributed by atoms with E-state index in [-0.39, 0.29) is 31.7 Å². The van der Waals surface area contributed by atoms with E-state index in [0.717, 1.165) is 5.56 Å². The van der Waals surface area contributed by atoms with Gasteiger partial charge in [0.05, 0.1) is 47.3 Å². The van der Waals surface area contributed by atoms with E-state index in [4.69, 9.17) is 21.1 Å². The number of likely N-dealkylation sites (tertiary alicyclic amines) is 1. The number of esters is 1. The van der Waals surface area contributed by atoms with E-state index in [9.17, 15) is 14.7 Å². The minimum Gasteiger partial charge on any atom is -0.455 e. The monoisotopic (exact) mass is 831 g/mol. The van der Waals surface area contributed by atoms with Crippen LogP contribution in [0.4, 0.5) is 5.69 Å². The molecule has 6 rings (SSSR count). The van der Waals surface area contributed by atoms with Crippen molar-refractivity contribution in [2.45, 2.75) is 73.4 Å². The van der Waals surface area contributed by atoms with E-state index in [0.29, 0.717) is 22.7 Å². The fourth-order valence-corrected chi connectivity index (χ4v) is 9.70. The second kappa shape index (κ2) is 17.2. The van der Waals surface area contributed by atoms with Gasteiger partial charge in [-0.2, -0.15) is 0 Å². The third-order valence-electron chi connectivity index (χ3n) is 11.2. The Labute approximate surface area is 335 Å². The highest BCUT2D eigenvalue weighted by Gasteiger charge is 2.77. The molecule has 0 aliphatic carbocycles. The average molecular weight is 833 g/mol. The van der Waals surface area contributed by atoms with Crippen molar-refractivity contribution in [2.24, 2.45) is 11.8 Å². The number of hydrogen-bond donors (Lipinski definition) is 1. The Morgan fingerprint density at radius 2 is 1.71 bits per heavy atom. The largest absolute Gasteiger partial charge is 0.455 e. The molecule has 0 saturated carbocycles. The summed E-state index contributed by atoms with van der Waals surface area (Å²) < 4.78 is 13.2. The maximum absolute atomic E-state index is 15.2. The Morgan fingerprint density at radius 1 is 1.05 bits per heavy atom. The topological polar surface area (TPSA) is 117 Å². The molecule has 2 bridgehead atoms. The summed E-state index contributed by atoms with van der Waals surface area (Å²) in [4.78, 5) is 62.2. The summed E-state index contributed by atoms with van der Waals surface area (Å²) >= 11 is 10.4. The van der Waals surface area contributed by atoms with Gasteiger partial charge in [0.2, 0.25) is 11.8 Å². The van der Waals surface area contributed by atoms with Gasteiger partial charge in [0.1, 0.15) is 17.7 Å².